The topological polar surface area (TPSA) is 177 Å². The molecule has 0 aromatic heterocycles. The van der Waals surface area contributed by atoms with Gasteiger partial charge in [0.05, 0.1) is 15.2 Å². The summed E-state index contributed by atoms with van der Waals surface area (Å²) in [5.74, 6) is -0.0942. The minimum atomic E-state index is -3.61. The molecule has 4 aromatic carbocycles. The van der Waals surface area contributed by atoms with Crippen LogP contribution in [0.3, 0.4) is 0 Å². The maximum absolute atomic E-state index is 12.7. The molecule has 0 radical (unpaired) electrons. The Balaban J connectivity index is 0.000000208. The summed E-state index contributed by atoms with van der Waals surface area (Å²) in [4.78, 5) is 25.6. The predicted octanol–water partition coefficient (Wildman–Crippen LogP) is 6.48. The Kier molecular flexibility index (Phi) is 11.3. The summed E-state index contributed by atoms with van der Waals surface area (Å²) in [6, 6.07) is 32.1. The maximum atomic E-state index is 12.7. The number of hydrogen-bond donors (Lipinski definition) is 5. The van der Waals surface area contributed by atoms with Gasteiger partial charge in [0.15, 0.2) is 0 Å². The number of benzene rings is 4. The van der Waals surface area contributed by atoms with Crippen LogP contribution in [0.1, 0.15) is 84.3 Å². The fourth-order valence-corrected chi connectivity index (χ4v) is 9.13. The highest BCUT2D eigenvalue weighted by Crippen LogP contribution is 2.59. The smallest absolute Gasteiger partial charge is 0.245 e. The van der Waals surface area contributed by atoms with Gasteiger partial charge < -0.3 is 16.4 Å². The van der Waals surface area contributed by atoms with Crippen LogP contribution < -0.4 is 25.8 Å². The maximum Gasteiger partial charge on any atom is 0.245 e. The third-order valence-electron chi connectivity index (χ3n) is 9.31. The lowest BCUT2D eigenvalue weighted by atomic mass is 10.00. The highest BCUT2D eigenvalue weighted by molar-refractivity contribution is 7.89. The Morgan fingerprint density at radius 1 is 0.574 bits per heavy atom. The van der Waals surface area contributed by atoms with Crippen molar-refractivity contribution in [2.75, 3.05) is 10.6 Å². The number of anilines is 2. The second-order valence-corrected chi connectivity index (χ2v) is 19.8. The summed E-state index contributed by atoms with van der Waals surface area (Å²) < 4.78 is 54.6. The van der Waals surface area contributed by atoms with Crippen molar-refractivity contribution in [3.8, 4) is 0 Å². The molecule has 2 saturated carbocycles. The van der Waals surface area contributed by atoms with Crippen LogP contribution in [0.15, 0.2) is 119 Å². The van der Waals surface area contributed by atoms with Gasteiger partial charge >= 0.3 is 0 Å². The lowest BCUT2D eigenvalue weighted by Crippen LogP contribution is -2.40. The zero-order chi connectivity index (χ0) is 39.7. The molecule has 0 aliphatic heterocycles. The minimum Gasteiger partial charge on any atom is -0.326 e. The lowest BCUT2D eigenvalue weighted by molar-refractivity contribution is -0.120. The molecule has 2 fully saturated rings. The van der Waals surface area contributed by atoms with Crippen LogP contribution in [0.2, 0.25) is 0 Å². The van der Waals surface area contributed by atoms with E-state index in [1.165, 1.54) is 29.8 Å². The van der Waals surface area contributed by atoms with Gasteiger partial charge in [-0.2, -0.15) is 0 Å². The van der Waals surface area contributed by atoms with Crippen molar-refractivity contribution in [2.45, 2.75) is 99.6 Å². The van der Waals surface area contributed by atoms with E-state index in [-0.39, 0.29) is 33.4 Å². The third-order valence-corrected chi connectivity index (χ3v) is 12.9. The van der Waals surface area contributed by atoms with E-state index in [9.17, 15) is 26.4 Å². The number of hydrogen-bond acceptors (Lipinski definition) is 7. The molecule has 2 aliphatic carbocycles. The second-order valence-electron chi connectivity index (χ2n) is 16.5. The molecular formula is C41H51N5O6S2. The molecule has 2 amide bonds. The van der Waals surface area contributed by atoms with E-state index in [1.54, 1.807) is 65.8 Å². The molecule has 6 N–H and O–H groups in total. The van der Waals surface area contributed by atoms with Gasteiger partial charge in [0.2, 0.25) is 31.9 Å². The molecule has 0 bridgehead atoms. The molecule has 13 heteroatoms. The highest BCUT2D eigenvalue weighted by atomic mass is 32.2. The van der Waals surface area contributed by atoms with Crippen LogP contribution in [0.5, 0.6) is 0 Å². The monoisotopic (exact) mass is 773 g/mol. The Bertz CT molecular complexity index is 2030. The van der Waals surface area contributed by atoms with Crippen molar-refractivity contribution in [3.63, 3.8) is 0 Å². The summed E-state index contributed by atoms with van der Waals surface area (Å²) >= 11 is 0. The average molecular weight is 774 g/mol. The fourth-order valence-electron chi connectivity index (χ4n) is 6.30. The van der Waals surface area contributed by atoms with Crippen LogP contribution >= 0.6 is 0 Å². The number of nitrogens with one attached hydrogen (secondary N) is 4. The summed E-state index contributed by atoms with van der Waals surface area (Å²) in [5.41, 5.74) is 7.10. The van der Waals surface area contributed by atoms with Crippen LogP contribution in [-0.2, 0) is 29.6 Å². The van der Waals surface area contributed by atoms with Gasteiger partial charge in [-0.15, -0.1) is 0 Å². The van der Waals surface area contributed by atoms with Crippen molar-refractivity contribution in [2.24, 2.45) is 11.1 Å². The van der Waals surface area contributed by atoms with Gasteiger partial charge in [0, 0.05) is 28.4 Å². The van der Waals surface area contributed by atoms with E-state index in [4.69, 9.17) is 5.73 Å². The number of carbonyl (C=O) groups is 2. The first-order valence-electron chi connectivity index (χ1n) is 17.8. The molecule has 6 rings (SSSR count). The fraction of sp³-hybridized carbons (Fsp3) is 0.366. The molecule has 4 unspecified atom stereocenters. The summed E-state index contributed by atoms with van der Waals surface area (Å²) in [7, 11) is -7.20. The first-order valence-corrected chi connectivity index (χ1v) is 20.8. The van der Waals surface area contributed by atoms with Crippen molar-refractivity contribution < 1.29 is 26.4 Å². The molecule has 54 heavy (non-hydrogen) atoms. The summed E-state index contributed by atoms with van der Waals surface area (Å²) in [6.45, 7) is 12.7. The van der Waals surface area contributed by atoms with Crippen LogP contribution in [0, 0.1) is 5.41 Å². The van der Waals surface area contributed by atoms with Crippen molar-refractivity contribution >= 4 is 43.2 Å². The van der Waals surface area contributed by atoms with E-state index < -0.39 is 42.1 Å². The van der Waals surface area contributed by atoms with Crippen LogP contribution in [0.25, 0.3) is 0 Å². The van der Waals surface area contributed by atoms with Gasteiger partial charge in [-0.1, -0.05) is 67.6 Å². The highest BCUT2D eigenvalue weighted by Gasteiger charge is 2.58. The summed E-state index contributed by atoms with van der Waals surface area (Å²) in [5, 5.41) is 5.71. The van der Waals surface area contributed by atoms with Gasteiger partial charge in [-0.3, -0.25) is 9.59 Å². The number of sulfonamides is 2. The Labute approximate surface area is 319 Å². The number of nitrogens with two attached hydrogens (primary N) is 1. The molecule has 4 aromatic rings. The van der Waals surface area contributed by atoms with E-state index >= 15 is 0 Å². The summed E-state index contributed by atoms with van der Waals surface area (Å²) in [6.07, 6.45) is 1.40. The SMILES string of the molecule is CC(C)(C)NS(=O)(=O)c1ccc(NC(=O)C2(C)CC2c2ccccc2)cc1.CC(C)(C)NS(=O)(=O)c1ccc(NC(=O)C2(N)CC2c2ccccc2)cc1. The molecule has 288 valence electrons. The van der Waals surface area contributed by atoms with E-state index in [0.29, 0.717) is 17.8 Å². The van der Waals surface area contributed by atoms with Crippen molar-refractivity contribution in [3.05, 3.63) is 120 Å². The quantitative estimate of drug-likeness (QED) is 0.123. The average Bonchev–Trinajstić information content (AvgIpc) is 3.99. The van der Waals surface area contributed by atoms with E-state index in [0.717, 1.165) is 12.0 Å². The van der Waals surface area contributed by atoms with E-state index in [2.05, 4.69) is 20.1 Å². The number of rotatable bonds is 10. The largest absolute Gasteiger partial charge is 0.326 e. The minimum absolute atomic E-state index is 0.00524. The molecule has 0 saturated heterocycles. The molecule has 0 spiro atoms. The predicted molar refractivity (Wildman–Crippen MR) is 213 cm³/mol. The Morgan fingerprint density at radius 2 is 0.944 bits per heavy atom. The molecular weight excluding hydrogens is 723 g/mol. The van der Waals surface area contributed by atoms with Gasteiger partial charge in [-0.05, 0) is 120 Å². The van der Waals surface area contributed by atoms with Gasteiger partial charge in [-0.25, -0.2) is 26.3 Å². The Morgan fingerprint density at radius 3 is 1.33 bits per heavy atom. The molecule has 2 aliphatic rings. The zero-order valence-electron chi connectivity index (χ0n) is 31.8. The lowest BCUT2D eigenvalue weighted by Gasteiger charge is -2.20. The third kappa shape index (κ3) is 10.0. The first kappa shape index (κ1) is 40.8. The van der Waals surface area contributed by atoms with Crippen LogP contribution in [-0.4, -0.2) is 45.3 Å². The van der Waals surface area contributed by atoms with Gasteiger partial charge in [0.1, 0.15) is 5.54 Å². The van der Waals surface area contributed by atoms with E-state index in [1.807, 2.05) is 67.6 Å². The Hall–Kier alpha value is -4.40. The molecule has 11 nitrogen and oxygen atoms in total. The zero-order valence-corrected chi connectivity index (χ0v) is 33.4. The molecule has 4 atom stereocenters. The second kappa shape index (κ2) is 15.0. The normalized spacial score (nSPS) is 22.3. The number of amides is 2. The van der Waals surface area contributed by atoms with Crippen molar-refractivity contribution in [1.29, 1.82) is 0 Å². The molecule has 0 heterocycles. The standard InChI is InChI=1S/C21H26N2O3S.C20H25N3O3S/c1-20(2,3)23-27(25,26)17-12-10-16(11-13-17)22-19(24)21(4)14-18(21)15-8-6-5-7-9-15;1-19(2,3)23-27(25,26)16-11-9-15(10-12-16)22-18(24)20(21)13-17(20)14-7-5-4-6-8-14/h5-13,18,23H,14H2,1-4H3,(H,22,24);4-12,17,23H,13,21H2,1-3H3,(H,22,24). The van der Waals surface area contributed by atoms with Crippen LogP contribution in [0.4, 0.5) is 11.4 Å². The first-order chi connectivity index (χ1) is 25.0. The van der Waals surface area contributed by atoms with Gasteiger partial charge in [0.25, 0.3) is 0 Å². The van der Waals surface area contributed by atoms with Crippen molar-refractivity contribution in [1.82, 2.24) is 9.44 Å². The number of carbonyl (C=O) groups excluding carboxylic acids is 2.